The van der Waals surface area contributed by atoms with Gasteiger partial charge in [-0.2, -0.15) is 0 Å². The van der Waals surface area contributed by atoms with E-state index in [1.807, 2.05) is 98.8 Å². The van der Waals surface area contributed by atoms with Crippen molar-refractivity contribution in [3.05, 3.63) is 107 Å². The number of carbonyl (C=O) groups excluding carboxylic acids is 2. The van der Waals surface area contributed by atoms with Crippen molar-refractivity contribution in [3.63, 3.8) is 0 Å². The van der Waals surface area contributed by atoms with E-state index in [0.717, 1.165) is 22.4 Å². The number of likely N-dealkylation sites (N-methyl/N-ethyl adjacent to an activating group) is 1. The van der Waals surface area contributed by atoms with Gasteiger partial charge in [-0.3, -0.25) is 9.59 Å². The molecule has 0 heterocycles. The number of rotatable bonds is 8. The number of nitrogens with one attached hydrogen (secondary N) is 1. The molecular weight excluding hydrogens is 384 g/mol. The van der Waals surface area contributed by atoms with Crippen LogP contribution in [0.1, 0.15) is 29.2 Å². The predicted molar refractivity (Wildman–Crippen MR) is 127 cm³/mol. The number of hydrogen-bond acceptors (Lipinski definition) is 2. The van der Waals surface area contributed by atoms with Crippen LogP contribution in [0, 0.1) is 6.92 Å². The Bertz CT molecular complexity index is 1040. The molecule has 0 atom stereocenters. The zero-order valence-electron chi connectivity index (χ0n) is 18.0. The van der Waals surface area contributed by atoms with Gasteiger partial charge in [0.2, 0.25) is 5.91 Å². The molecule has 0 fully saturated rings. The van der Waals surface area contributed by atoms with Crippen molar-refractivity contribution in [3.8, 4) is 0 Å². The molecule has 0 saturated heterocycles. The molecule has 4 nitrogen and oxygen atoms in total. The molecule has 0 aliphatic carbocycles. The Kier molecular flexibility index (Phi) is 7.77. The molecule has 31 heavy (non-hydrogen) atoms. The third-order valence-electron chi connectivity index (χ3n) is 4.91. The smallest absolute Gasteiger partial charge is 0.251 e. The number of benzene rings is 3. The lowest BCUT2D eigenvalue weighted by molar-refractivity contribution is -0.120. The summed E-state index contributed by atoms with van der Waals surface area (Å²) in [4.78, 5) is 26.9. The van der Waals surface area contributed by atoms with Crippen molar-refractivity contribution in [1.29, 1.82) is 0 Å². The fourth-order valence-electron chi connectivity index (χ4n) is 3.27. The quantitative estimate of drug-likeness (QED) is 0.534. The Balaban J connectivity index is 1.87. The highest BCUT2D eigenvalue weighted by atomic mass is 16.2. The summed E-state index contributed by atoms with van der Waals surface area (Å²) in [7, 11) is 0. The summed E-state index contributed by atoms with van der Waals surface area (Å²) in [6.07, 6.45) is 3.71. The fourth-order valence-corrected chi connectivity index (χ4v) is 3.27. The molecule has 0 spiro atoms. The third-order valence-corrected chi connectivity index (χ3v) is 4.91. The third kappa shape index (κ3) is 6.68. The molecule has 2 amide bonds. The zero-order valence-corrected chi connectivity index (χ0v) is 18.0. The minimum atomic E-state index is -0.111. The van der Waals surface area contributed by atoms with Crippen LogP contribution in [-0.2, 0) is 22.6 Å². The summed E-state index contributed by atoms with van der Waals surface area (Å²) in [6, 6.07) is 25.5. The summed E-state index contributed by atoms with van der Waals surface area (Å²) in [5.74, 6) is -0.139. The largest absolute Gasteiger partial charge is 0.356 e. The number of nitrogens with zero attached hydrogens (tertiary/aromatic N) is 1. The van der Waals surface area contributed by atoms with Crippen molar-refractivity contribution in [2.24, 2.45) is 0 Å². The molecule has 3 aromatic carbocycles. The average molecular weight is 413 g/mol. The van der Waals surface area contributed by atoms with Gasteiger partial charge in [0, 0.05) is 18.3 Å². The van der Waals surface area contributed by atoms with Crippen LogP contribution in [0.3, 0.4) is 0 Å². The van der Waals surface area contributed by atoms with Crippen LogP contribution >= 0.6 is 0 Å². The molecule has 3 rings (SSSR count). The molecule has 0 unspecified atom stereocenters. The number of anilines is 1. The van der Waals surface area contributed by atoms with E-state index in [0.29, 0.717) is 13.1 Å². The van der Waals surface area contributed by atoms with Crippen molar-refractivity contribution in [2.75, 3.05) is 11.4 Å². The van der Waals surface area contributed by atoms with Crippen molar-refractivity contribution in [1.82, 2.24) is 5.32 Å². The van der Waals surface area contributed by atoms with Gasteiger partial charge in [0.05, 0.1) is 13.0 Å². The monoisotopic (exact) mass is 412 g/mol. The Hall–Kier alpha value is -3.66. The van der Waals surface area contributed by atoms with Gasteiger partial charge in [-0.1, -0.05) is 72.3 Å². The van der Waals surface area contributed by atoms with E-state index >= 15 is 0 Å². The van der Waals surface area contributed by atoms with E-state index in [-0.39, 0.29) is 18.2 Å². The second-order valence-corrected chi connectivity index (χ2v) is 7.45. The lowest BCUT2D eigenvalue weighted by Crippen LogP contribution is -2.29. The first-order valence-corrected chi connectivity index (χ1v) is 10.5. The van der Waals surface area contributed by atoms with Gasteiger partial charge in [-0.25, -0.2) is 0 Å². The Morgan fingerprint density at radius 1 is 0.903 bits per heavy atom. The van der Waals surface area contributed by atoms with Crippen LogP contribution < -0.4 is 10.2 Å². The average Bonchev–Trinajstić information content (AvgIpc) is 2.78. The molecule has 4 heteroatoms. The molecule has 0 saturated carbocycles. The predicted octanol–water partition coefficient (Wildman–Crippen LogP) is 4.92. The van der Waals surface area contributed by atoms with E-state index in [1.54, 1.807) is 11.0 Å². The Morgan fingerprint density at radius 2 is 1.65 bits per heavy atom. The van der Waals surface area contributed by atoms with Crippen molar-refractivity contribution < 1.29 is 9.59 Å². The van der Waals surface area contributed by atoms with Gasteiger partial charge in [-0.15, -0.1) is 0 Å². The lowest BCUT2D eigenvalue weighted by Gasteiger charge is -2.22. The fraction of sp³-hybridized carbons (Fsp3) is 0.185. The molecule has 1 N–H and O–H groups in total. The number of hydrogen-bond donors (Lipinski definition) is 1. The molecule has 0 aliphatic heterocycles. The highest BCUT2D eigenvalue weighted by molar-refractivity contribution is 6.03. The zero-order chi connectivity index (χ0) is 22.1. The highest BCUT2D eigenvalue weighted by Gasteiger charge is 2.15. The first kappa shape index (κ1) is 22.0. The normalized spacial score (nSPS) is 10.8. The van der Waals surface area contributed by atoms with E-state index in [1.165, 1.54) is 5.56 Å². The minimum absolute atomic E-state index is 0.0277. The van der Waals surface area contributed by atoms with Gasteiger partial charge in [-0.05, 0) is 48.7 Å². The maximum atomic E-state index is 13.2. The summed E-state index contributed by atoms with van der Waals surface area (Å²) in [6.45, 7) is 4.99. The topological polar surface area (TPSA) is 49.4 Å². The Labute approximate surface area is 184 Å². The van der Waals surface area contributed by atoms with Crippen LogP contribution in [0.4, 0.5) is 5.69 Å². The summed E-state index contributed by atoms with van der Waals surface area (Å²) >= 11 is 0. The number of aryl methyl sites for hydroxylation is 1. The van der Waals surface area contributed by atoms with E-state index in [2.05, 4.69) is 5.32 Å². The summed E-state index contributed by atoms with van der Waals surface area (Å²) < 4.78 is 0. The van der Waals surface area contributed by atoms with Crippen LogP contribution in [-0.4, -0.2) is 18.4 Å². The van der Waals surface area contributed by atoms with Crippen LogP contribution in [0.2, 0.25) is 0 Å². The van der Waals surface area contributed by atoms with Gasteiger partial charge in [0.1, 0.15) is 0 Å². The van der Waals surface area contributed by atoms with Crippen LogP contribution in [0.15, 0.2) is 84.9 Å². The molecule has 158 valence electrons. The molecule has 3 aromatic rings. The van der Waals surface area contributed by atoms with E-state index in [9.17, 15) is 9.59 Å². The summed E-state index contributed by atoms with van der Waals surface area (Å²) in [5, 5.41) is 2.82. The maximum Gasteiger partial charge on any atom is 0.251 e. The van der Waals surface area contributed by atoms with E-state index in [4.69, 9.17) is 0 Å². The second-order valence-electron chi connectivity index (χ2n) is 7.45. The maximum absolute atomic E-state index is 13.2. The summed E-state index contributed by atoms with van der Waals surface area (Å²) in [5.41, 5.74) is 4.83. The SMILES string of the molecule is CCNC(=O)Cc1cccc(N(Cc2ccc(C)cc2)C(=O)/C=C/c2ccccc2)c1. The van der Waals surface area contributed by atoms with Crippen molar-refractivity contribution in [2.45, 2.75) is 26.8 Å². The lowest BCUT2D eigenvalue weighted by atomic mass is 10.1. The van der Waals surface area contributed by atoms with Crippen molar-refractivity contribution >= 4 is 23.6 Å². The molecular formula is C27H28N2O2. The molecule has 0 bridgehead atoms. The van der Waals surface area contributed by atoms with Crippen LogP contribution in [0.5, 0.6) is 0 Å². The van der Waals surface area contributed by atoms with Gasteiger partial charge >= 0.3 is 0 Å². The molecule has 0 aromatic heterocycles. The number of amides is 2. The first-order valence-electron chi connectivity index (χ1n) is 10.5. The van der Waals surface area contributed by atoms with Gasteiger partial charge in [0.15, 0.2) is 0 Å². The first-order chi connectivity index (χ1) is 15.0. The van der Waals surface area contributed by atoms with E-state index < -0.39 is 0 Å². The van der Waals surface area contributed by atoms with Gasteiger partial charge < -0.3 is 10.2 Å². The highest BCUT2D eigenvalue weighted by Crippen LogP contribution is 2.21. The second kappa shape index (κ2) is 10.9. The van der Waals surface area contributed by atoms with Crippen LogP contribution in [0.25, 0.3) is 6.08 Å². The Morgan fingerprint density at radius 3 is 2.35 bits per heavy atom. The molecule has 0 aliphatic rings. The molecule has 0 radical (unpaired) electrons. The minimum Gasteiger partial charge on any atom is -0.356 e. The number of carbonyl (C=O) groups is 2. The standard InChI is InChI=1S/C27H28N2O2/c1-3-28-26(30)19-24-10-7-11-25(18-24)29(20-23-14-12-21(2)13-15-23)27(31)17-16-22-8-5-4-6-9-22/h4-18H,3,19-20H2,1-2H3,(H,28,30)/b17-16+. The van der Waals surface area contributed by atoms with Gasteiger partial charge in [0.25, 0.3) is 5.91 Å².